The fraction of sp³-hybridized carbons (Fsp3) is 0.733. The minimum absolute atomic E-state index is 0.0241. The summed E-state index contributed by atoms with van der Waals surface area (Å²) in [5.41, 5.74) is 1.88. The third-order valence-electron chi connectivity index (χ3n) is 3.73. The maximum absolute atomic E-state index is 11.9. The van der Waals surface area contributed by atoms with Gasteiger partial charge in [0.25, 0.3) is 0 Å². The summed E-state index contributed by atoms with van der Waals surface area (Å²) >= 11 is 0. The van der Waals surface area contributed by atoms with E-state index in [0.717, 1.165) is 24.4 Å². The van der Waals surface area contributed by atoms with Crippen LogP contribution in [0.25, 0.3) is 0 Å². The summed E-state index contributed by atoms with van der Waals surface area (Å²) in [7, 11) is 0. The molecule has 2 rings (SSSR count). The summed E-state index contributed by atoms with van der Waals surface area (Å²) in [4.78, 5) is 11.9. The first-order valence-corrected chi connectivity index (χ1v) is 7.25. The highest BCUT2D eigenvalue weighted by molar-refractivity contribution is 5.78. The maximum Gasteiger partial charge on any atom is 0.226 e. The van der Waals surface area contributed by atoms with Crippen LogP contribution in [0.2, 0.25) is 0 Å². The van der Waals surface area contributed by atoms with Crippen LogP contribution in [-0.2, 0) is 16.0 Å². The molecular formula is C15H25N3O2. The Labute approximate surface area is 120 Å². The molecule has 2 N–H and O–H groups in total. The third-order valence-corrected chi connectivity index (χ3v) is 3.73. The summed E-state index contributed by atoms with van der Waals surface area (Å²) in [6.45, 7) is 9.96. The smallest absolute Gasteiger partial charge is 0.226 e. The number of ether oxygens (including phenoxy) is 1. The number of amides is 1. The summed E-state index contributed by atoms with van der Waals surface area (Å²) in [5, 5.41) is 9.94. The van der Waals surface area contributed by atoms with Gasteiger partial charge in [-0.3, -0.25) is 9.89 Å². The highest BCUT2D eigenvalue weighted by Crippen LogP contribution is 2.34. The molecule has 112 valence electrons. The van der Waals surface area contributed by atoms with Gasteiger partial charge in [-0.15, -0.1) is 0 Å². The number of nitrogens with one attached hydrogen (secondary N) is 2. The Kier molecular flexibility index (Phi) is 4.48. The van der Waals surface area contributed by atoms with E-state index in [-0.39, 0.29) is 17.4 Å². The van der Waals surface area contributed by atoms with Gasteiger partial charge in [-0.1, -0.05) is 20.8 Å². The predicted octanol–water partition coefficient (Wildman–Crippen LogP) is 1.83. The molecular weight excluding hydrogens is 254 g/mol. The van der Waals surface area contributed by atoms with E-state index < -0.39 is 0 Å². The zero-order chi connectivity index (χ0) is 14.8. The van der Waals surface area contributed by atoms with Gasteiger partial charge < -0.3 is 10.1 Å². The van der Waals surface area contributed by atoms with Crippen molar-refractivity contribution >= 4 is 5.91 Å². The van der Waals surface area contributed by atoms with Crippen LogP contribution in [0.15, 0.2) is 6.07 Å². The number of carbonyl (C=O) groups is 1. The first-order valence-electron chi connectivity index (χ1n) is 7.25. The van der Waals surface area contributed by atoms with Crippen molar-refractivity contribution in [3.05, 3.63) is 17.5 Å². The van der Waals surface area contributed by atoms with Gasteiger partial charge in [0.2, 0.25) is 5.91 Å². The van der Waals surface area contributed by atoms with E-state index in [1.165, 1.54) is 0 Å². The number of carbonyl (C=O) groups excluding carboxylic acids is 1. The number of hydrogen-bond donors (Lipinski definition) is 2. The Bertz CT molecular complexity index is 462. The summed E-state index contributed by atoms with van der Waals surface area (Å²) in [6, 6.07) is 1.90. The zero-order valence-electron chi connectivity index (χ0n) is 12.8. The third kappa shape index (κ3) is 3.82. The van der Waals surface area contributed by atoms with E-state index in [2.05, 4.69) is 36.3 Å². The monoisotopic (exact) mass is 279 g/mol. The molecule has 20 heavy (non-hydrogen) atoms. The Hall–Kier alpha value is -1.36. The second kappa shape index (κ2) is 5.95. The van der Waals surface area contributed by atoms with Crippen molar-refractivity contribution < 1.29 is 9.53 Å². The van der Waals surface area contributed by atoms with E-state index in [1.807, 2.05) is 13.0 Å². The lowest BCUT2D eigenvalue weighted by Crippen LogP contribution is -2.39. The lowest BCUT2D eigenvalue weighted by atomic mass is 9.81. The Morgan fingerprint density at radius 1 is 1.55 bits per heavy atom. The molecule has 2 atom stereocenters. The lowest BCUT2D eigenvalue weighted by molar-refractivity contribution is -0.120. The molecule has 1 amide bonds. The average Bonchev–Trinajstić information content (AvgIpc) is 2.94. The molecule has 0 aliphatic carbocycles. The van der Waals surface area contributed by atoms with Gasteiger partial charge in [-0.2, -0.15) is 5.10 Å². The molecule has 1 aromatic rings. The first kappa shape index (κ1) is 15.0. The van der Waals surface area contributed by atoms with Crippen molar-refractivity contribution in [3.63, 3.8) is 0 Å². The van der Waals surface area contributed by atoms with Crippen molar-refractivity contribution in [2.75, 3.05) is 13.2 Å². The predicted molar refractivity (Wildman–Crippen MR) is 77.3 cm³/mol. The molecule has 2 heterocycles. The fourth-order valence-corrected chi connectivity index (χ4v) is 2.84. The standard InChI is InChI=1S/C15H25N3O2/c1-10-7-12(18-17-10)8-13(19)16-9-11-5-6-20-14(11)15(2,3)4/h7,11,14H,5-6,8-9H2,1-4H3,(H,16,19)(H,17,18)/t11-,14+/m1/s1. The van der Waals surface area contributed by atoms with Gasteiger partial charge in [-0.05, 0) is 24.8 Å². The highest BCUT2D eigenvalue weighted by Gasteiger charge is 2.37. The van der Waals surface area contributed by atoms with Crippen LogP contribution in [0.3, 0.4) is 0 Å². The highest BCUT2D eigenvalue weighted by atomic mass is 16.5. The number of aromatic amines is 1. The van der Waals surface area contributed by atoms with Gasteiger partial charge in [-0.25, -0.2) is 0 Å². The number of aryl methyl sites for hydroxylation is 1. The molecule has 5 heteroatoms. The van der Waals surface area contributed by atoms with E-state index in [0.29, 0.717) is 18.9 Å². The topological polar surface area (TPSA) is 67.0 Å². The summed E-state index contributed by atoms with van der Waals surface area (Å²) in [5.74, 6) is 0.427. The van der Waals surface area contributed by atoms with Crippen molar-refractivity contribution in [1.82, 2.24) is 15.5 Å². The molecule has 0 radical (unpaired) electrons. The zero-order valence-corrected chi connectivity index (χ0v) is 12.8. The van der Waals surface area contributed by atoms with E-state index in [4.69, 9.17) is 4.74 Å². The Balaban J connectivity index is 1.81. The van der Waals surface area contributed by atoms with Crippen LogP contribution >= 0.6 is 0 Å². The van der Waals surface area contributed by atoms with Crippen LogP contribution in [0, 0.1) is 18.3 Å². The second-order valence-electron chi connectivity index (χ2n) is 6.73. The SMILES string of the molecule is Cc1cc(CC(=O)NC[C@H]2CCO[C@@H]2C(C)(C)C)n[nH]1. The number of H-pyrrole nitrogens is 1. The van der Waals surface area contributed by atoms with Crippen molar-refractivity contribution in [2.45, 2.75) is 46.6 Å². The normalized spacial score (nSPS) is 23.0. The van der Waals surface area contributed by atoms with Crippen molar-refractivity contribution in [3.8, 4) is 0 Å². The van der Waals surface area contributed by atoms with Gasteiger partial charge in [0.15, 0.2) is 0 Å². The van der Waals surface area contributed by atoms with Gasteiger partial charge in [0.05, 0.1) is 18.2 Å². The summed E-state index contributed by atoms with van der Waals surface area (Å²) < 4.78 is 5.82. The molecule has 5 nitrogen and oxygen atoms in total. The van der Waals surface area contributed by atoms with Crippen molar-refractivity contribution in [2.24, 2.45) is 11.3 Å². The van der Waals surface area contributed by atoms with E-state index >= 15 is 0 Å². The minimum atomic E-state index is 0.0241. The molecule has 1 saturated heterocycles. The van der Waals surface area contributed by atoms with Crippen LogP contribution in [-0.4, -0.2) is 35.4 Å². The van der Waals surface area contributed by atoms with Gasteiger partial charge in [0.1, 0.15) is 0 Å². The van der Waals surface area contributed by atoms with Gasteiger partial charge >= 0.3 is 0 Å². The van der Waals surface area contributed by atoms with Crippen LogP contribution in [0.5, 0.6) is 0 Å². The molecule has 1 aliphatic rings. The van der Waals surface area contributed by atoms with Crippen LogP contribution < -0.4 is 5.32 Å². The molecule has 0 unspecified atom stereocenters. The first-order chi connectivity index (χ1) is 9.36. The number of aromatic nitrogens is 2. The second-order valence-corrected chi connectivity index (χ2v) is 6.73. The summed E-state index contributed by atoms with van der Waals surface area (Å²) in [6.07, 6.45) is 1.57. The molecule has 1 aliphatic heterocycles. The van der Waals surface area contributed by atoms with E-state index in [1.54, 1.807) is 0 Å². The molecule has 1 aromatic heterocycles. The molecule has 0 saturated carbocycles. The van der Waals surface area contributed by atoms with Crippen LogP contribution in [0.4, 0.5) is 0 Å². The van der Waals surface area contributed by atoms with Crippen molar-refractivity contribution in [1.29, 1.82) is 0 Å². The number of hydrogen-bond acceptors (Lipinski definition) is 3. The van der Waals surface area contributed by atoms with Crippen LogP contribution in [0.1, 0.15) is 38.6 Å². The maximum atomic E-state index is 11.9. The Morgan fingerprint density at radius 2 is 2.30 bits per heavy atom. The molecule has 0 aromatic carbocycles. The minimum Gasteiger partial charge on any atom is -0.377 e. The van der Waals surface area contributed by atoms with E-state index in [9.17, 15) is 4.79 Å². The lowest BCUT2D eigenvalue weighted by Gasteiger charge is -2.31. The quantitative estimate of drug-likeness (QED) is 0.883. The average molecular weight is 279 g/mol. The largest absolute Gasteiger partial charge is 0.377 e. The number of nitrogens with zero attached hydrogens (tertiary/aromatic N) is 1. The Morgan fingerprint density at radius 3 is 2.90 bits per heavy atom. The molecule has 1 fully saturated rings. The molecule has 0 spiro atoms. The fourth-order valence-electron chi connectivity index (χ4n) is 2.84. The number of rotatable bonds is 4. The van der Waals surface area contributed by atoms with Gasteiger partial charge in [0, 0.05) is 24.8 Å². The molecule has 0 bridgehead atoms.